The summed E-state index contributed by atoms with van der Waals surface area (Å²) in [5.41, 5.74) is 1.72. The number of rotatable bonds is 8. The molecule has 0 bridgehead atoms. The third kappa shape index (κ3) is 8.16. The van der Waals surface area contributed by atoms with Crippen molar-refractivity contribution >= 4 is 33.7 Å². The van der Waals surface area contributed by atoms with Gasteiger partial charge in [-0.25, -0.2) is 9.59 Å². The number of para-hydroxylation sites is 2. The molecule has 2 amide bonds. The summed E-state index contributed by atoms with van der Waals surface area (Å²) in [6.07, 6.45) is 0.0473. The Hall–Kier alpha value is -5.39. The summed E-state index contributed by atoms with van der Waals surface area (Å²) >= 11 is 0. The van der Waals surface area contributed by atoms with E-state index in [4.69, 9.17) is 24.2 Å². The number of anilines is 2. The number of nitrogens with zero attached hydrogens (tertiary/aromatic N) is 5. The minimum atomic E-state index is -3.59. The van der Waals surface area contributed by atoms with E-state index in [1.807, 2.05) is 24.3 Å². The lowest BCUT2D eigenvalue weighted by Gasteiger charge is -2.39. The Labute approximate surface area is 294 Å². The fraction of sp³-hybridized carbons (Fsp3) is 0.371. The van der Waals surface area contributed by atoms with Gasteiger partial charge in [-0.1, -0.05) is 30.3 Å². The predicted molar refractivity (Wildman–Crippen MR) is 180 cm³/mol. The van der Waals surface area contributed by atoms with Gasteiger partial charge in [0, 0.05) is 19.6 Å². The van der Waals surface area contributed by atoms with Gasteiger partial charge in [-0.15, -0.1) is 0 Å². The molecule has 266 valence electrons. The van der Waals surface area contributed by atoms with Gasteiger partial charge < -0.3 is 24.1 Å². The third-order valence-corrected chi connectivity index (χ3v) is 9.47. The van der Waals surface area contributed by atoms with E-state index >= 15 is 0 Å². The van der Waals surface area contributed by atoms with Gasteiger partial charge >= 0.3 is 12.2 Å². The number of aliphatic hydroxyl groups is 1. The number of amides is 2. The van der Waals surface area contributed by atoms with Crippen molar-refractivity contribution in [3.8, 4) is 23.6 Å². The zero-order chi connectivity index (χ0) is 36.2. The van der Waals surface area contributed by atoms with Crippen LogP contribution in [0, 0.1) is 22.7 Å². The molecule has 4 heterocycles. The fourth-order valence-corrected chi connectivity index (χ4v) is 6.69. The van der Waals surface area contributed by atoms with Crippen molar-refractivity contribution in [1.29, 1.82) is 10.5 Å². The van der Waals surface area contributed by atoms with Gasteiger partial charge in [-0.2, -0.15) is 18.9 Å². The maximum Gasteiger partial charge on any atom is 0.414 e. The largest absolute Gasteiger partial charge is 0.454 e. The van der Waals surface area contributed by atoms with E-state index in [0.717, 1.165) is 11.8 Å². The Balaban J connectivity index is 0.000000194. The number of benzene rings is 3. The summed E-state index contributed by atoms with van der Waals surface area (Å²) in [4.78, 5) is 29.2. The average Bonchev–Trinajstić information content (AvgIpc) is 3.86. The smallest absolute Gasteiger partial charge is 0.414 e. The number of cyclic esters (lactones) is 2. The molecule has 4 aliphatic heterocycles. The summed E-state index contributed by atoms with van der Waals surface area (Å²) in [7, 11) is -3.59. The highest BCUT2D eigenvalue weighted by Crippen LogP contribution is 2.40. The molecule has 51 heavy (non-hydrogen) atoms. The van der Waals surface area contributed by atoms with Crippen LogP contribution in [-0.2, 0) is 29.4 Å². The van der Waals surface area contributed by atoms with E-state index in [0.29, 0.717) is 73.0 Å². The number of ether oxygens (including phenoxy) is 4. The molecular formula is C35H35N5O10S. The quantitative estimate of drug-likeness (QED) is 0.334. The highest BCUT2D eigenvalue weighted by molar-refractivity contribution is 7.85. The van der Waals surface area contributed by atoms with Crippen molar-refractivity contribution < 1.29 is 46.2 Å². The van der Waals surface area contributed by atoms with Crippen LogP contribution in [0.5, 0.6) is 11.5 Å². The first-order chi connectivity index (χ1) is 24.5. The molecule has 7 rings (SSSR count). The van der Waals surface area contributed by atoms with Crippen LogP contribution in [0.25, 0.3) is 0 Å². The van der Waals surface area contributed by atoms with E-state index in [1.54, 1.807) is 48.5 Å². The van der Waals surface area contributed by atoms with Crippen LogP contribution in [0.15, 0.2) is 66.7 Å². The molecule has 2 unspecified atom stereocenters. The molecule has 3 aromatic carbocycles. The Morgan fingerprint density at radius 1 is 0.843 bits per heavy atom. The van der Waals surface area contributed by atoms with E-state index < -0.39 is 34.0 Å². The number of hydrogen-bond donors (Lipinski definition) is 1. The van der Waals surface area contributed by atoms with Crippen LogP contribution in [0.1, 0.15) is 29.5 Å². The normalized spacial score (nSPS) is 20.9. The number of hydrogen-bond acceptors (Lipinski definition) is 13. The molecule has 0 spiro atoms. The molecule has 3 fully saturated rings. The van der Waals surface area contributed by atoms with Gasteiger partial charge in [0.05, 0.1) is 47.4 Å². The molecular weight excluding hydrogens is 682 g/mol. The second-order valence-electron chi connectivity index (χ2n) is 12.4. The topological polar surface area (TPSA) is 192 Å². The summed E-state index contributed by atoms with van der Waals surface area (Å²) < 4.78 is 47.8. The van der Waals surface area contributed by atoms with Crippen molar-refractivity contribution in [2.24, 2.45) is 0 Å². The summed E-state index contributed by atoms with van der Waals surface area (Å²) in [6.45, 7) is 2.47. The van der Waals surface area contributed by atoms with Crippen molar-refractivity contribution in [3.05, 3.63) is 83.4 Å². The van der Waals surface area contributed by atoms with Crippen LogP contribution in [0.2, 0.25) is 0 Å². The Bertz CT molecular complexity index is 1990. The van der Waals surface area contributed by atoms with Crippen LogP contribution in [0.3, 0.4) is 0 Å². The Morgan fingerprint density at radius 2 is 1.39 bits per heavy atom. The van der Waals surface area contributed by atoms with Gasteiger partial charge in [-0.3, -0.25) is 18.9 Å². The SMILES string of the molecule is CS(=O)(=O)OCC1CN(c2ccccc2C#N)C(=O)O1.N#Cc1ccccc1N1CC(CN2CCC(O)(c3ccc4c(c3)OCO4)CC2)OC1=O. The van der Waals surface area contributed by atoms with E-state index in [-0.39, 0.29) is 26.0 Å². The van der Waals surface area contributed by atoms with Crippen molar-refractivity contribution in [1.82, 2.24) is 4.90 Å². The molecule has 0 radical (unpaired) electrons. The maximum absolute atomic E-state index is 12.4. The molecule has 0 saturated carbocycles. The summed E-state index contributed by atoms with van der Waals surface area (Å²) in [6, 6.07) is 23.3. The molecule has 2 atom stereocenters. The highest BCUT2D eigenvalue weighted by atomic mass is 32.2. The first-order valence-corrected chi connectivity index (χ1v) is 17.9. The van der Waals surface area contributed by atoms with Crippen molar-refractivity contribution in [2.45, 2.75) is 30.7 Å². The first-order valence-electron chi connectivity index (χ1n) is 16.1. The van der Waals surface area contributed by atoms with Gasteiger partial charge in [0.1, 0.15) is 31.0 Å². The Kier molecular flexibility index (Phi) is 10.3. The average molecular weight is 718 g/mol. The molecule has 15 nitrogen and oxygen atoms in total. The van der Waals surface area contributed by atoms with Crippen LogP contribution in [0.4, 0.5) is 21.0 Å². The molecule has 4 aliphatic rings. The monoisotopic (exact) mass is 717 g/mol. The zero-order valence-corrected chi connectivity index (χ0v) is 28.5. The molecule has 3 saturated heterocycles. The standard InChI is InChI=1S/C23H23N3O5.C12H12N2O5S/c24-12-16-3-1-2-4-19(16)26-14-18(31-22(26)27)13-25-9-7-23(28,8-10-25)17-5-6-20-21(11-17)30-15-29-20;1-20(16,17)18-8-10-7-14(12(15)19-10)11-5-3-2-4-9(11)6-13/h1-6,11,18,28H,7-10,13-15H2;2-5,10H,7-8H2,1H3. The lowest BCUT2D eigenvalue weighted by atomic mass is 9.84. The number of likely N-dealkylation sites (tertiary alicyclic amines) is 1. The number of nitriles is 2. The van der Waals surface area contributed by atoms with Gasteiger partial charge in [0.15, 0.2) is 11.5 Å². The highest BCUT2D eigenvalue weighted by Gasteiger charge is 2.39. The second-order valence-corrected chi connectivity index (χ2v) is 14.0. The van der Waals surface area contributed by atoms with Gasteiger partial charge in [-0.05, 0) is 54.8 Å². The summed E-state index contributed by atoms with van der Waals surface area (Å²) in [5.74, 6) is 1.37. The third-order valence-electron chi connectivity index (χ3n) is 8.90. The number of fused-ring (bicyclic) bond motifs is 1. The maximum atomic E-state index is 12.4. The second kappa shape index (κ2) is 14.8. The molecule has 16 heteroatoms. The van der Waals surface area contributed by atoms with Crippen LogP contribution >= 0.6 is 0 Å². The Morgan fingerprint density at radius 3 is 1.98 bits per heavy atom. The van der Waals surface area contributed by atoms with Crippen LogP contribution in [-0.4, -0.2) is 95.2 Å². The van der Waals surface area contributed by atoms with Crippen LogP contribution < -0.4 is 19.3 Å². The molecule has 1 N–H and O–H groups in total. The van der Waals surface area contributed by atoms with Crippen molar-refractivity contribution in [2.75, 3.05) is 62.2 Å². The molecule has 3 aromatic rings. The van der Waals surface area contributed by atoms with E-state index in [9.17, 15) is 28.4 Å². The number of piperidine rings is 1. The predicted octanol–water partition coefficient (Wildman–Crippen LogP) is 3.46. The number of carbonyl (C=O) groups is 2. The van der Waals surface area contributed by atoms with Gasteiger partial charge in [0.25, 0.3) is 10.1 Å². The minimum Gasteiger partial charge on any atom is -0.454 e. The lowest BCUT2D eigenvalue weighted by Crippen LogP contribution is -2.45. The zero-order valence-electron chi connectivity index (χ0n) is 27.6. The first kappa shape index (κ1) is 35.4. The summed E-state index contributed by atoms with van der Waals surface area (Å²) in [5, 5.41) is 29.5. The fourth-order valence-electron chi connectivity index (χ4n) is 6.29. The van der Waals surface area contributed by atoms with Gasteiger partial charge in [0.2, 0.25) is 6.79 Å². The van der Waals surface area contributed by atoms with Crippen molar-refractivity contribution in [3.63, 3.8) is 0 Å². The van der Waals surface area contributed by atoms with E-state index in [1.165, 1.54) is 9.80 Å². The molecule has 0 aromatic heterocycles. The van der Waals surface area contributed by atoms with E-state index in [2.05, 4.69) is 15.2 Å². The molecule has 0 aliphatic carbocycles. The lowest BCUT2D eigenvalue weighted by molar-refractivity contribution is -0.0325. The minimum absolute atomic E-state index is 0.132. The number of carbonyl (C=O) groups excluding carboxylic acids is 2.